The van der Waals surface area contributed by atoms with Crippen LogP contribution in [0, 0.1) is 0 Å². The van der Waals surface area contributed by atoms with Gasteiger partial charge in [0, 0.05) is 12.6 Å². The predicted molar refractivity (Wildman–Crippen MR) is 76.7 cm³/mol. The van der Waals surface area contributed by atoms with Crippen molar-refractivity contribution < 1.29 is 4.42 Å². The molecule has 100 valence electrons. The SMILES string of the molecule is c1ccc(CN(Cc2ccco2)C2CCCC2)cc1. The largest absolute Gasteiger partial charge is 0.468 e. The Morgan fingerprint density at radius 1 is 0.947 bits per heavy atom. The summed E-state index contributed by atoms with van der Waals surface area (Å²) in [4.78, 5) is 2.57. The maximum Gasteiger partial charge on any atom is 0.117 e. The van der Waals surface area contributed by atoms with Gasteiger partial charge in [0.2, 0.25) is 0 Å². The Morgan fingerprint density at radius 3 is 2.42 bits per heavy atom. The van der Waals surface area contributed by atoms with Gasteiger partial charge in [0.15, 0.2) is 0 Å². The smallest absolute Gasteiger partial charge is 0.117 e. The summed E-state index contributed by atoms with van der Waals surface area (Å²) < 4.78 is 5.52. The van der Waals surface area contributed by atoms with E-state index in [0.29, 0.717) is 6.04 Å². The molecule has 2 nitrogen and oxygen atoms in total. The van der Waals surface area contributed by atoms with E-state index in [1.807, 2.05) is 6.07 Å². The van der Waals surface area contributed by atoms with Crippen LogP contribution in [0.1, 0.15) is 37.0 Å². The molecule has 1 aromatic carbocycles. The van der Waals surface area contributed by atoms with Gasteiger partial charge in [-0.15, -0.1) is 0 Å². The number of benzene rings is 1. The van der Waals surface area contributed by atoms with Crippen molar-refractivity contribution in [3.8, 4) is 0 Å². The van der Waals surface area contributed by atoms with E-state index < -0.39 is 0 Å². The third-order valence-corrected chi connectivity index (χ3v) is 4.01. The lowest BCUT2D eigenvalue weighted by atomic mass is 10.1. The maximum absolute atomic E-state index is 5.52. The molecule has 0 unspecified atom stereocenters. The molecule has 1 aliphatic carbocycles. The minimum atomic E-state index is 0.713. The second-order valence-corrected chi connectivity index (χ2v) is 5.41. The summed E-state index contributed by atoms with van der Waals surface area (Å²) in [6, 6.07) is 15.5. The van der Waals surface area contributed by atoms with E-state index in [-0.39, 0.29) is 0 Å². The molecule has 2 heteroatoms. The van der Waals surface area contributed by atoms with Gasteiger partial charge in [-0.1, -0.05) is 43.2 Å². The first-order valence-corrected chi connectivity index (χ1v) is 7.22. The van der Waals surface area contributed by atoms with Crippen molar-refractivity contribution in [2.45, 2.75) is 44.8 Å². The Balaban J connectivity index is 1.72. The molecule has 0 spiro atoms. The minimum absolute atomic E-state index is 0.713. The molecule has 1 aliphatic rings. The summed E-state index contributed by atoms with van der Waals surface area (Å²) in [6.07, 6.45) is 7.16. The average Bonchev–Trinajstić information content (AvgIpc) is 3.12. The van der Waals surface area contributed by atoms with Crippen LogP contribution in [0.15, 0.2) is 53.1 Å². The van der Waals surface area contributed by atoms with Gasteiger partial charge < -0.3 is 4.42 Å². The molecule has 0 aliphatic heterocycles. The Labute approximate surface area is 115 Å². The first kappa shape index (κ1) is 12.5. The van der Waals surface area contributed by atoms with Crippen molar-refractivity contribution in [1.82, 2.24) is 4.90 Å². The summed E-state index contributed by atoms with van der Waals surface area (Å²) in [7, 11) is 0. The number of rotatable bonds is 5. The minimum Gasteiger partial charge on any atom is -0.468 e. The maximum atomic E-state index is 5.52. The molecule has 19 heavy (non-hydrogen) atoms. The number of hydrogen-bond acceptors (Lipinski definition) is 2. The molecule has 0 atom stereocenters. The molecule has 0 amide bonds. The van der Waals surface area contributed by atoms with Gasteiger partial charge in [-0.2, -0.15) is 0 Å². The van der Waals surface area contributed by atoms with Crippen molar-refractivity contribution in [3.63, 3.8) is 0 Å². The van der Waals surface area contributed by atoms with Gasteiger partial charge in [-0.05, 0) is 30.5 Å². The van der Waals surface area contributed by atoms with E-state index >= 15 is 0 Å². The monoisotopic (exact) mass is 255 g/mol. The third kappa shape index (κ3) is 3.27. The molecule has 2 aromatic rings. The third-order valence-electron chi connectivity index (χ3n) is 4.01. The quantitative estimate of drug-likeness (QED) is 0.795. The lowest BCUT2D eigenvalue weighted by Crippen LogP contribution is -2.32. The van der Waals surface area contributed by atoms with Crippen molar-refractivity contribution in [2.75, 3.05) is 0 Å². The van der Waals surface area contributed by atoms with Crippen LogP contribution >= 0.6 is 0 Å². The Bertz CT molecular complexity index is 471. The Morgan fingerprint density at radius 2 is 1.74 bits per heavy atom. The Kier molecular flexibility index (Phi) is 3.99. The second kappa shape index (κ2) is 6.07. The predicted octanol–water partition coefficient (Wildman–Crippen LogP) is 4.22. The van der Waals surface area contributed by atoms with E-state index in [1.54, 1.807) is 6.26 Å². The summed E-state index contributed by atoms with van der Waals surface area (Å²) >= 11 is 0. The Hall–Kier alpha value is -1.54. The van der Waals surface area contributed by atoms with E-state index in [4.69, 9.17) is 4.42 Å². The van der Waals surface area contributed by atoms with Crippen LogP contribution in [0.3, 0.4) is 0 Å². The molecule has 1 saturated carbocycles. The van der Waals surface area contributed by atoms with Crippen LogP contribution in [-0.4, -0.2) is 10.9 Å². The van der Waals surface area contributed by atoms with Gasteiger partial charge in [0.25, 0.3) is 0 Å². The fourth-order valence-electron chi connectivity index (χ4n) is 3.00. The van der Waals surface area contributed by atoms with E-state index in [0.717, 1.165) is 18.8 Å². The molecule has 0 N–H and O–H groups in total. The van der Waals surface area contributed by atoms with Crippen LogP contribution in [0.2, 0.25) is 0 Å². The molecule has 0 bridgehead atoms. The molecular weight excluding hydrogens is 234 g/mol. The number of hydrogen-bond donors (Lipinski definition) is 0. The lowest BCUT2D eigenvalue weighted by molar-refractivity contribution is 0.167. The van der Waals surface area contributed by atoms with Gasteiger partial charge in [0.1, 0.15) is 5.76 Å². The van der Waals surface area contributed by atoms with Gasteiger partial charge in [0.05, 0.1) is 12.8 Å². The molecule has 1 aromatic heterocycles. The average molecular weight is 255 g/mol. The molecule has 0 saturated heterocycles. The first-order valence-electron chi connectivity index (χ1n) is 7.22. The van der Waals surface area contributed by atoms with E-state index in [2.05, 4.69) is 41.3 Å². The molecular formula is C17H21NO. The topological polar surface area (TPSA) is 16.4 Å². The second-order valence-electron chi connectivity index (χ2n) is 5.41. The lowest BCUT2D eigenvalue weighted by Gasteiger charge is -2.28. The zero-order chi connectivity index (χ0) is 12.9. The fraction of sp³-hybridized carbons (Fsp3) is 0.412. The van der Waals surface area contributed by atoms with Crippen LogP contribution in [0.25, 0.3) is 0 Å². The molecule has 3 rings (SSSR count). The highest BCUT2D eigenvalue weighted by Gasteiger charge is 2.23. The highest BCUT2D eigenvalue weighted by molar-refractivity contribution is 5.15. The highest BCUT2D eigenvalue weighted by atomic mass is 16.3. The first-order chi connectivity index (χ1) is 9.42. The number of nitrogens with zero attached hydrogens (tertiary/aromatic N) is 1. The van der Waals surface area contributed by atoms with Gasteiger partial charge in [-0.25, -0.2) is 0 Å². The van der Waals surface area contributed by atoms with Crippen molar-refractivity contribution in [2.24, 2.45) is 0 Å². The van der Waals surface area contributed by atoms with E-state index in [1.165, 1.54) is 31.2 Å². The fourth-order valence-corrected chi connectivity index (χ4v) is 3.00. The standard InChI is InChI=1S/C17H21NO/c1-2-7-15(8-3-1)13-18(16-9-4-5-10-16)14-17-11-6-12-19-17/h1-3,6-8,11-12,16H,4-5,9-10,13-14H2. The van der Waals surface area contributed by atoms with E-state index in [9.17, 15) is 0 Å². The number of furan rings is 1. The molecule has 1 heterocycles. The van der Waals surface area contributed by atoms with Crippen molar-refractivity contribution >= 4 is 0 Å². The van der Waals surface area contributed by atoms with Gasteiger partial charge in [-0.3, -0.25) is 4.90 Å². The summed E-state index contributed by atoms with van der Waals surface area (Å²) in [5.41, 5.74) is 1.39. The summed E-state index contributed by atoms with van der Waals surface area (Å²) in [5, 5.41) is 0. The normalized spacial score (nSPS) is 16.3. The highest BCUT2D eigenvalue weighted by Crippen LogP contribution is 2.26. The van der Waals surface area contributed by atoms with Crippen LogP contribution in [0.4, 0.5) is 0 Å². The molecule has 1 fully saturated rings. The zero-order valence-corrected chi connectivity index (χ0v) is 11.3. The summed E-state index contributed by atoms with van der Waals surface area (Å²) in [5.74, 6) is 1.07. The molecule has 0 radical (unpaired) electrons. The summed E-state index contributed by atoms with van der Waals surface area (Å²) in [6.45, 7) is 1.94. The van der Waals surface area contributed by atoms with Crippen LogP contribution < -0.4 is 0 Å². The van der Waals surface area contributed by atoms with Crippen LogP contribution in [-0.2, 0) is 13.1 Å². The van der Waals surface area contributed by atoms with Crippen molar-refractivity contribution in [3.05, 3.63) is 60.1 Å². The zero-order valence-electron chi connectivity index (χ0n) is 11.3. The van der Waals surface area contributed by atoms with Gasteiger partial charge >= 0.3 is 0 Å². The van der Waals surface area contributed by atoms with Crippen molar-refractivity contribution in [1.29, 1.82) is 0 Å². The van der Waals surface area contributed by atoms with Crippen LogP contribution in [0.5, 0.6) is 0 Å².